The first kappa shape index (κ1) is 22.4. The van der Waals surface area contributed by atoms with E-state index in [9.17, 15) is 13.2 Å². The Labute approximate surface area is 185 Å². The Hall–Kier alpha value is -2.25. The zero-order valence-electron chi connectivity index (χ0n) is 16.7. The first-order chi connectivity index (χ1) is 14.3. The van der Waals surface area contributed by atoms with Gasteiger partial charge < -0.3 is 4.90 Å². The lowest BCUT2D eigenvalue weighted by Gasteiger charge is -2.35. The summed E-state index contributed by atoms with van der Waals surface area (Å²) in [6.45, 7) is 3.12. The molecule has 0 atom stereocenters. The molecule has 2 aromatic carbocycles. The topological polar surface area (TPSA) is 84.7 Å². The van der Waals surface area contributed by atoms with Crippen molar-refractivity contribution in [1.82, 2.24) is 14.1 Å². The van der Waals surface area contributed by atoms with Crippen LogP contribution in [0.4, 0.5) is 0 Å². The van der Waals surface area contributed by atoms with Gasteiger partial charge in [-0.3, -0.25) is 9.69 Å². The number of nitriles is 1. The number of benzene rings is 2. The second kappa shape index (κ2) is 9.71. The number of rotatable bonds is 6. The lowest BCUT2D eigenvalue weighted by molar-refractivity contribution is -0.133. The number of carbonyl (C=O) groups is 1. The molecule has 1 aliphatic rings. The zero-order valence-corrected chi connectivity index (χ0v) is 19.1. The lowest BCUT2D eigenvalue weighted by Crippen LogP contribution is -2.51. The average Bonchev–Trinajstić information content (AvgIpc) is 2.75. The molecule has 3 rings (SSSR count). The van der Waals surface area contributed by atoms with Crippen LogP contribution in [-0.2, 0) is 21.4 Å². The van der Waals surface area contributed by atoms with Crippen molar-refractivity contribution in [3.05, 3.63) is 64.1 Å². The first-order valence-corrected chi connectivity index (χ1v) is 11.7. The molecular formula is C21H23BrN4O3S. The van der Waals surface area contributed by atoms with E-state index < -0.39 is 10.0 Å². The van der Waals surface area contributed by atoms with Crippen molar-refractivity contribution in [1.29, 1.82) is 5.26 Å². The minimum absolute atomic E-state index is 0.160. The summed E-state index contributed by atoms with van der Waals surface area (Å²) in [4.78, 5) is 16.8. The van der Waals surface area contributed by atoms with E-state index in [0.717, 1.165) is 34.0 Å². The monoisotopic (exact) mass is 490 g/mol. The second-order valence-corrected chi connectivity index (χ2v) is 10.1. The Balaban J connectivity index is 1.52. The van der Waals surface area contributed by atoms with Gasteiger partial charge in [0.2, 0.25) is 15.9 Å². The normalized spacial score (nSPS) is 15.2. The van der Waals surface area contributed by atoms with Crippen molar-refractivity contribution in [2.75, 3.05) is 39.8 Å². The minimum atomic E-state index is -3.72. The molecule has 30 heavy (non-hydrogen) atoms. The van der Waals surface area contributed by atoms with Gasteiger partial charge in [-0.25, -0.2) is 8.42 Å². The van der Waals surface area contributed by atoms with Gasteiger partial charge in [0.15, 0.2) is 0 Å². The van der Waals surface area contributed by atoms with Gasteiger partial charge in [0.25, 0.3) is 0 Å². The Bertz CT molecular complexity index is 1030. The number of piperazine rings is 1. The molecule has 7 nitrogen and oxygen atoms in total. The van der Waals surface area contributed by atoms with Crippen molar-refractivity contribution >= 4 is 31.9 Å². The van der Waals surface area contributed by atoms with Crippen LogP contribution in [0.3, 0.4) is 0 Å². The van der Waals surface area contributed by atoms with E-state index in [-0.39, 0.29) is 17.3 Å². The fraction of sp³-hybridized carbons (Fsp3) is 0.333. The number of amides is 1. The highest BCUT2D eigenvalue weighted by Gasteiger charge is 2.27. The molecule has 0 aliphatic carbocycles. The molecule has 1 fully saturated rings. The molecule has 1 aliphatic heterocycles. The second-order valence-electron chi connectivity index (χ2n) is 7.18. The first-order valence-electron chi connectivity index (χ1n) is 9.50. The molecule has 1 saturated heterocycles. The highest BCUT2D eigenvalue weighted by atomic mass is 79.9. The molecule has 0 bridgehead atoms. The predicted octanol–water partition coefficient (Wildman–Crippen LogP) is 2.29. The molecule has 0 saturated carbocycles. The van der Waals surface area contributed by atoms with Gasteiger partial charge in [0.05, 0.1) is 23.1 Å². The van der Waals surface area contributed by atoms with Crippen LogP contribution in [0, 0.1) is 11.3 Å². The van der Waals surface area contributed by atoms with Crippen LogP contribution in [0.25, 0.3) is 0 Å². The van der Waals surface area contributed by atoms with Crippen LogP contribution in [0.5, 0.6) is 0 Å². The molecule has 0 aromatic heterocycles. The van der Waals surface area contributed by atoms with Gasteiger partial charge in [0, 0.05) is 44.2 Å². The number of sulfonamides is 1. The number of hydrogen-bond acceptors (Lipinski definition) is 5. The third-order valence-corrected chi connectivity index (χ3v) is 7.44. The Morgan fingerprint density at radius 1 is 1.07 bits per heavy atom. The maximum Gasteiger partial charge on any atom is 0.243 e. The molecule has 1 heterocycles. The molecule has 0 radical (unpaired) electrons. The summed E-state index contributed by atoms with van der Waals surface area (Å²) < 4.78 is 27.2. The third-order valence-electron chi connectivity index (χ3n) is 5.09. The van der Waals surface area contributed by atoms with Crippen molar-refractivity contribution in [3.8, 4) is 6.07 Å². The summed E-state index contributed by atoms with van der Waals surface area (Å²) in [6.07, 6.45) is 0. The van der Waals surface area contributed by atoms with Gasteiger partial charge in [-0.2, -0.15) is 9.57 Å². The summed E-state index contributed by atoms with van der Waals surface area (Å²) in [5.74, 6) is -0.198. The third kappa shape index (κ3) is 5.46. The number of likely N-dealkylation sites (N-methyl/N-ethyl adjacent to an activating group) is 1. The van der Waals surface area contributed by atoms with Crippen LogP contribution >= 0.6 is 15.9 Å². The van der Waals surface area contributed by atoms with E-state index in [0.29, 0.717) is 18.7 Å². The lowest BCUT2D eigenvalue weighted by atomic mass is 10.1. The van der Waals surface area contributed by atoms with Gasteiger partial charge in [-0.1, -0.05) is 28.1 Å². The quantitative estimate of drug-likeness (QED) is 0.619. The van der Waals surface area contributed by atoms with E-state index in [1.54, 1.807) is 29.2 Å². The van der Waals surface area contributed by atoms with E-state index in [2.05, 4.69) is 26.9 Å². The molecule has 0 N–H and O–H groups in total. The van der Waals surface area contributed by atoms with Crippen molar-refractivity contribution in [3.63, 3.8) is 0 Å². The Kier molecular flexibility index (Phi) is 7.26. The maximum atomic E-state index is 12.7. The highest BCUT2D eigenvalue weighted by molar-refractivity contribution is 9.10. The number of halogens is 1. The van der Waals surface area contributed by atoms with E-state index >= 15 is 0 Å². The largest absolute Gasteiger partial charge is 0.339 e. The van der Waals surface area contributed by atoms with Gasteiger partial charge in [-0.05, 0) is 42.0 Å². The van der Waals surface area contributed by atoms with Gasteiger partial charge >= 0.3 is 0 Å². The summed E-state index contributed by atoms with van der Waals surface area (Å²) in [5, 5.41) is 8.88. The highest BCUT2D eigenvalue weighted by Crippen LogP contribution is 2.18. The Morgan fingerprint density at radius 3 is 2.23 bits per heavy atom. The molecule has 0 spiro atoms. The maximum absolute atomic E-state index is 12.7. The van der Waals surface area contributed by atoms with Gasteiger partial charge in [-0.15, -0.1) is 0 Å². The van der Waals surface area contributed by atoms with Crippen LogP contribution in [0.15, 0.2) is 57.9 Å². The number of nitrogens with zero attached hydrogens (tertiary/aromatic N) is 4. The molecule has 0 unspecified atom stereocenters. The van der Waals surface area contributed by atoms with E-state index in [4.69, 9.17) is 5.26 Å². The number of carbonyl (C=O) groups excluding carboxylic acids is 1. The van der Waals surface area contributed by atoms with Crippen LogP contribution in [0.2, 0.25) is 0 Å². The molecule has 1 amide bonds. The zero-order chi connectivity index (χ0) is 21.7. The van der Waals surface area contributed by atoms with Gasteiger partial charge in [0.1, 0.15) is 0 Å². The summed E-state index contributed by atoms with van der Waals surface area (Å²) in [6, 6.07) is 16.0. The van der Waals surface area contributed by atoms with E-state index in [1.807, 2.05) is 12.1 Å². The average molecular weight is 491 g/mol. The minimum Gasteiger partial charge on any atom is -0.339 e. The van der Waals surface area contributed by atoms with Crippen LogP contribution < -0.4 is 0 Å². The van der Waals surface area contributed by atoms with Crippen molar-refractivity contribution < 1.29 is 13.2 Å². The molecule has 2 aromatic rings. The number of hydrogen-bond donors (Lipinski definition) is 0. The summed E-state index contributed by atoms with van der Waals surface area (Å²) >= 11 is 3.29. The van der Waals surface area contributed by atoms with Crippen LogP contribution in [-0.4, -0.2) is 68.2 Å². The standard InChI is InChI=1S/C21H23BrN4O3S/c1-24(30(28,29)20-8-6-19(22)7-9-20)16-21(27)26-12-10-25(11-13-26)15-18-4-2-17(14-23)3-5-18/h2-9H,10-13,15-16H2,1H3. The molecular weight excluding hydrogens is 468 g/mol. The summed E-state index contributed by atoms with van der Waals surface area (Å²) in [5.41, 5.74) is 1.76. The summed E-state index contributed by atoms with van der Waals surface area (Å²) in [7, 11) is -2.29. The van der Waals surface area contributed by atoms with Crippen molar-refractivity contribution in [2.24, 2.45) is 0 Å². The Morgan fingerprint density at radius 2 is 1.67 bits per heavy atom. The van der Waals surface area contributed by atoms with Crippen LogP contribution in [0.1, 0.15) is 11.1 Å². The fourth-order valence-electron chi connectivity index (χ4n) is 3.26. The fourth-order valence-corrected chi connectivity index (χ4v) is 4.64. The predicted molar refractivity (Wildman–Crippen MR) is 117 cm³/mol. The smallest absolute Gasteiger partial charge is 0.243 e. The molecule has 158 valence electrons. The van der Waals surface area contributed by atoms with E-state index in [1.165, 1.54) is 19.2 Å². The molecule has 9 heteroatoms. The van der Waals surface area contributed by atoms with Crippen molar-refractivity contribution in [2.45, 2.75) is 11.4 Å². The SMILES string of the molecule is CN(CC(=O)N1CCN(Cc2ccc(C#N)cc2)CC1)S(=O)(=O)c1ccc(Br)cc1.